The van der Waals surface area contributed by atoms with E-state index in [0.717, 1.165) is 5.69 Å². The lowest BCUT2D eigenvalue weighted by Gasteiger charge is -2.01. The van der Waals surface area contributed by atoms with Crippen LogP contribution in [0, 0.1) is 0 Å². The smallest absolute Gasteiger partial charge is 0.406 e. The summed E-state index contributed by atoms with van der Waals surface area (Å²) in [5.41, 5.74) is 6.98. The van der Waals surface area contributed by atoms with Gasteiger partial charge in [-0.05, 0) is 24.3 Å². The standard InChI is InChI=1S/C13H10N4O2/c14-13(18)19-11-5-3-7-17-8-10(16-12(11)17)9-4-1-2-6-15-9/h1-8H,(H2,14,18). The predicted molar refractivity (Wildman–Crippen MR) is 68.6 cm³/mol. The summed E-state index contributed by atoms with van der Waals surface area (Å²) in [5.74, 6) is 0.317. The van der Waals surface area contributed by atoms with Crippen molar-refractivity contribution in [2.75, 3.05) is 0 Å². The van der Waals surface area contributed by atoms with Gasteiger partial charge in [-0.1, -0.05) is 6.07 Å². The van der Waals surface area contributed by atoms with Crippen LogP contribution in [0.3, 0.4) is 0 Å². The van der Waals surface area contributed by atoms with Crippen LogP contribution in [0.15, 0.2) is 48.9 Å². The molecule has 0 aromatic carbocycles. The second-order valence-corrected chi connectivity index (χ2v) is 3.87. The summed E-state index contributed by atoms with van der Waals surface area (Å²) in [6.45, 7) is 0. The number of hydrogen-bond acceptors (Lipinski definition) is 4. The van der Waals surface area contributed by atoms with Crippen LogP contribution in [0.2, 0.25) is 0 Å². The highest BCUT2D eigenvalue weighted by Crippen LogP contribution is 2.23. The Labute approximate surface area is 108 Å². The van der Waals surface area contributed by atoms with Crippen molar-refractivity contribution in [1.29, 1.82) is 0 Å². The highest BCUT2D eigenvalue weighted by Gasteiger charge is 2.10. The monoisotopic (exact) mass is 254 g/mol. The van der Waals surface area contributed by atoms with E-state index < -0.39 is 6.09 Å². The summed E-state index contributed by atoms with van der Waals surface area (Å²) in [6, 6.07) is 8.95. The van der Waals surface area contributed by atoms with E-state index in [4.69, 9.17) is 10.5 Å². The van der Waals surface area contributed by atoms with Crippen LogP contribution in [0.1, 0.15) is 0 Å². The zero-order valence-electron chi connectivity index (χ0n) is 9.85. The molecule has 0 saturated carbocycles. The van der Waals surface area contributed by atoms with E-state index >= 15 is 0 Å². The maximum Gasteiger partial charge on any atom is 0.410 e. The van der Waals surface area contributed by atoms with Gasteiger partial charge < -0.3 is 14.9 Å². The molecule has 0 saturated heterocycles. The minimum atomic E-state index is -0.865. The number of hydrogen-bond donors (Lipinski definition) is 1. The molecule has 0 aliphatic carbocycles. The number of nitrogens with zero attached hydrogens (tertiary/aromatic N) is 3. The number of ether oxygens (including phenoxy) is 1. The van der Waals surface area contributed by atoms with Crippen molar-refractivity contribution < 1.29 is 9.53 Å². The van der Waals surface area contributed by atoms with Gasteiger partial charge in [-0.15, -0.1) is 0 Å². The Bertz CT molecular complexity index is 737. The van der Waals surface area contributed by atoms with Gasteiger partial charge in [0.2, 0.25) is 0 Å². The van der Waals surface area contributed by atoms with Gasteiger partial charge in [-0.3, -0.25) is 4.98 Å². The van der Waals surface area contributed by atoms with Crippen LogP contribution < -0.4 is 10.5 Å². The number of fused-ring (bicyclic) bond motifs is 1. The fraction of sp³-hybridized carbons (Fsp3) is 0. The molecule has 19 heavy (non-hydrogen) atoms. The molecule has 3 heterocycles. The summed E-state index contributed by atoms with van der Waals surface area (Å²) >= 11 is 0. The Kier molecular flexibility index (Phi) is 2.60. The summed E-state index contributed by atoms with van der Waals surface area (Å²) < 4.78 is 6.66. The van der Waals surface area contributed by atoms with Crippen molar-refractivity contribution in [2.45, 2.75) is 0 Å². The Morgan fingerprint density at radius 3 is 2.84 bits per heavy atom. The molecular weight excluding hydrogens is 244 g/mol. The molecule has 0 unspecified atom stereocenters. The molecule has 3 rings (SSSR count). The van der Waals surface area contributed by atoms with Gasteiger partial charge in [0.1, 0.15) is 5.69 Å². The molecule has 0 spiro atoms. The fourth-order valence-corrected chi connectivity index (χ4v) is 1.81. The van der Waals surface area contributed by atoms with E-state index in [1.54, 1.807) is 22.7 Å². The van der Waals surface area contributed by atoms with Crippen LogP contribution in [0.4, 0.5) is 4.79 Å². The number of pyridine rings is 2. The first-order chi connectivity index (χ1) is 9.24. The quantitative estimate of drug-likeness (QED) is 0.756. The molecule has 3 aromatic heterocycles. The van der Waals surface area contributed by atoms with Crippen molar-refractivity contribution in [3.8, 4) is 17.1 Å². The van der Waals surface area contributed by atoms with E-state index in [1.807, 2.05) is 30.6 Å². The van der Waals surface area contributed by atoms with Gasteiger partial charge in [-0.2, -0.15) is 0 Å². The lowest BCUT2D eigenvalue weighted by Crippen LogP contribution is -2.16. The number of rotatable bonds is 2. The molecule has 1 amide bonds. The topological polar surface area (TPSA) is 82.5 Å². The van der Waals surface area contributed by atoms with Crippen molar-refractivity contribution >= 4 is 11.7 Å². The predicted octanol–water partition coefficient (Wildman–Crippen LogP) is 1.85. The SMILES string of the molecule is NC(=O)Oc1cccn2cc(-c3ccccn3)nc12. The lowest BCUT2D eigenvalue weighted by atomic mass is 10.3. The van der Waals surface area contributed by atoms with Crippen LogP contribution in [0.5, 0.6) is 5.75 Å². The molecular formula is C13H10N4O2. The molecule has 6 nitrogen and oxygen atoms in total. The van der Waals surface area contributed by atoms with Gasteiger partial charge in [-0.25, -0.2) is 9.78 Å². The highest BCUT2D eigenvalue weighted by atomic mass is 16.5. The number of carbonyl (C=O) groups is 1. The summed E-state index contributed by atoms with van der Waals surface area (Å²) in [6.07, 6.45) is 4.45. The van der Waals surface area contributed by atoms with Crippen LogP contribution in [-0.2, 0) is 0 Å². The molecule has 6 heteroatoms. The third-order valence-electron chi connectivity index (χ3n) is 2.58. The van der Waals surface area contributed by atoms with E-state index in [-0.39, 0.29) is 0 Å². The van der Waals surface area contributed by atoms with Gasteiger partial charge in [0.05, 0.1) is 5.69 Å². The average molecular weight is 254 g/mol. The van der Waals surface area contributed by atoms with Crippen molar-refractivity contribution in [2.24, 2.45) is 5.73 Å². The largest absolute Gasteiger partial charge is 0.410 e. The number of aromatic nitrogens is 3. The van der Waals surface area contributed by atoms with Gasteiger partial charge >= 0.3 is 6.09 Å². The number of amides is 1. The van der Waals surface area contributed by atoms with Crippen molar-refractivity contribution in [1.82, 2.24) is 14.4 Å². The molecule has 3 aromatic rings. The molecule has 0 fully saturated rings. The van der Waals surface area contributed by atoms with Crippen molar-refractivity contribution in [3.05, 3.63) is 48.9 Å². The summed E-state index contributed by atoms with van der Waals surface area (Å²) in [4.78, 5) is 19.5. The first kappa shape index (κ1) is 11.2. The minimum absolute atomic E-state index is 0.317. The van der Waals surface area contributed by atoms with Gasteiger partial charge in [0.15, 0.2) is 11.4 Å². The number of primary amides is 1. The summed E-state index contributed by atoms with van der Waals surface area (Å²) in [5, 5.41) is 0. The zero-order valence-corrected chi connectivity index (χ0v) is 9.85. The third-order valence-corrected chi connectivity index (χ3v) is 2.58. The van der Waals surface area contributed by atoms with Gasteiger partial charge in [0.25, 0.3) is 0 Å². The zero-order chi connectivity index (χ0) is 13.2. The second kappa shape index (κ2) is 4.41. The molecule has 94 valence electrons. The fourth-order valence-electron chi connectivity index (χ4n) is 1.81. The second-order valence-electron chi connectivity index (χ2n) is 3.87. The van der Waals surface area contributed by atoms with Crippen LogP contribution in [-0.4, -0.2) is 20.5 Å². The highest BCUT2D eigenvalue weighted by molar-refractivity contribution is 5.72. The Balaban J connectivity index is 2.13. The molecule has 0 atom stereocenters. The van der Waals surface area contributed by atoms with E-state index in [1.165, 1.54) is 0 Å². The van der Waals surface area contributed by atoms with E-state index in [9.17, 15) is 4.79 Å². The Morgan fingerprint density at radius 1 is 1.21 bits per heavy atom. The number of nitrogens with two attached hydrogens (primary N) is 1. The van der Waals surface area contributed by atoms with Gasteiger partial charge in [0, 0.05) is 18.6 Å². The molecule has 0 aliphatic rings. The van der Waals surface area contributed by atoms with E-state index in [0.29, 0.717) is 17.1 Å². The number of carbonyl (C=O) groups excluding carboxylic acids is 1. The normalized spacial score (nSPS) is 10.5. The molecule has 0 radical (unpaired) electrons. The average Bonchev–Trinajstić information content (AvgIpc) is 2.84. The summed E-state index contributed by atoms with van der Waals surface area (Å²) in [7, 11) is 0. The molecule has 2 N–H and O–H groups in total. The van der Waals surface area contributed by atoms with E-state index in [2.05, 4.69) is 9.97 Å². The molecule has 0 aliphatic heterocycles. The minimum Gasteiger partial charge on any atom is -0.406 e. The Morgan fingerprint density at radius 2 is 2.11 bits per heavy atom. The lowest BCUT2D eigenvalue weighted by molar-refractivity contribution is 0.211. The first-order valence-corrected chi connectivity index (χ1v) is 5.60. The maximum atomic E-state index is 10.8. The number of imidazole rings is 1. The third kappa shape index (κ3) is 2.11. The van der Waals surface area contributed by atoms with Crippen molar-refractivity contribution in [3.63, 3.8) is 0 Å². The molecule has 0 bridgehead atoms. The Hall–Kier alpha value is -2.89. The first-order valence-electron chi connectivity index (χ1n) is 5.60. The maximum absolute atomic E-state index is 10.8. The van der Waals surface area contributed by atoms with Crippen LogP contribution >= 0.6 is 0 Å². The van der Waals surface area contributed by atoms with Crippen LogP contribution in [0.25, 0.3) is 17.0 Å².